The first-order valence-corrected chi connectivity index (χ1v) is 10.3. The van der Waals surface area contributed by atoms with Crippen molar-refractivity contribution in [2.45, 2.75) is 37.5 Å². The monoisotopic (exact) mass is 384 g/mol. The molecule has 5 nitrogen and oxygen atoms in total. The number of hydrogen-bond donors (Lipinski definition) is 1. The van der Waals surface area contributed by atoms with Gasteiger partial charge in [0.2, 0.25) is 5.95 Å². The predicted molar refractivity (Wildman–Crippen MR) is 115 cm³/mol. The molecule has 0 saturated heterocycles. The van der Waals surface area contributed by atoms with Crippen LogP contribution in [0.1, 0.15) is 48.0 Å². The van der Waals surface area contributed by atoms with E-state index >= 15 is 0 Å². The van der Waals surface area contributed by atoms with Crippen molar-refractivity contribution in [1.29, 1.82) is 0 Å². The Balaban J connectivity index is 1.59. The largest absolute Gasteiger partial charge is 0.320 e. The lowest BCUT2D eigenvalue weighted by Crippen LogP contribution is -2.34. The van der Waals surface area contributed by atoms with Gasteiger partial charge in [0.1, 0.15) is 0 Å². The van der Waals surface area contributed by atoms with Gasteiger partial charge in [-0.15, -0.1) is 0 Å². The van der Waals surface area contributed by atoms with Gasteiger partial charge in [0.05, 0.1) is 11.4 Å². The summed E-state index contributed by atoms with van der Waals surface area (Å²) < 4.78 is 0. The maximum absolute atomic E-state index is 12.9. The molecule has 0 bridgehead atoms. The first-order valence-electron chi connectivity index (χ1n) is 10.3. The molecule has 0 atom stereocenters. The summed E-state index contributed by atoms with van der Waals surface area (Å²) in [5.41, 5.74) is 3.95. The van der Waals surface area contributed by atoms with Gasteiger partial charge in [0, 0.05) is 29.9 Å². The van der Waals surface area contributed by atoms with Gasteiger partial charge >= 0.3 is 0 Å². The summed E-state index contributed by atoms with van der Waals surface area (Å²) in [5.74, 6) is 0.593. The first kappa shape index (κ1) is 17.9. The van der Waals surface area contributed by atoms with Gasteiger partial charge in [-0.05, 0) is 42.7 Å². The molecule has 1 aliphatic carbocycles. The van der Waals surface area contributed by atoms with Crippen molar-refractivity contribution >= 4 is 23.2 Å². The Hall–Kier alpha value is -3.21. The quantitative estimate of drug-likeness (QED) is 0.684. The molecule has 2 heterocycles. The van der Waals surface area contributed by atoms with Crippen LogP contribution in [-0.4, -0.2) is 22.4 Å². The lowest BCUT2D eigenvalue weighted by Gasteiger charge is -2.34. The third-order valence-electron chi connectivity index (χ3n) is 6.23. The van der Waals surface area contributed by atoms with Gasteiger partial charge in [-0.25, -0.2) is 9.97 Å². The lowest BCUT2D eigenvalue weighted by molar-refractivity contribution is 0.102. The van der Waals surface area contributed by atoms with E-state index in [-0.39, 0.29) is 11.3 Å². The lowest BCUT2D eigenvalue weighted by atomic mass is 9.71. The second-order valence-electron chi connectivity index (χ2n) is 8.00. The van der Waals surface area contributed by atoms with Gasteiger partial charge in [-0.1, -0.05) is 49.6 Å². The number of anilines is 3. The molecule has 29 heavy (non-hydrogen) atoms. The molecule has 5 heteroatoms. The minimum Gasteiger partial charge on any atom is -0.320 e. The Morgan fingerprint density at radius 3 is 2.41 bits per heavy atom. The Bertz CT molecular complexity index is 1010. The average molecular weight is 384 g/mol. The molecule has 1 amide bonds. The normalized spacial score (nSPS) is 17.2. The van der Waals surface area contributed by atoms with Crippen molar-refractivity contribution in [3.05, 3.63) is 78.1 Å². The molecule has 1 fully saturated rings. The van der Waals surface area contributed by atoms with E-state index in [0.717, 1.165) is 17.9 Å². The molecule has 1 spiro atoms. The van der Waals surface area contributed by atoms with Gasteiger partial charge in [-0.2, -0.15) is 0 Å². The predicted octanol–water partition coefficient (Wildman–Crippen LogP) is 5.08. The summed E-state index contributed by atoms with van der Waals surface area (Å²) in [6, 6.07) is 17.4. The number of para-hydroxylation sites is 1. The zero-order valence-electron chi connectivity index (χ0n) is 16.3. The van der Waals surface area contributed by atoms with Gasteiger partial charge in [-0.3, -0.25) is 4.79 Å². The van der Waals surface area contributed by atoms with Gasteiger partial charge in [0.15, 0.2) is 0 Å². The maximum atomic E-state index is 12.9. The fourth-order valence-corrected chi connectivity index (χ4v) is 4.87. The maximum Gasteiger partial charge on any atom is 0.255 e. The number of carbonyl (C=O) groups is 1. The number of nitrogens with zero attached hydrogens (tertiary/aromatic N) is 3. The summed E-state index contributed by atoms with van der Waals surface area (Å²) in [4.78, 5) is 24.1. The third kappa shape index (κ3) is 3.16. The van der Waals surface area contributed by atoms with Crippen LogP contribution in [0.4, 0.5) is 17.3 Å². The topological polar surface area (TPSA) is 58.1 Å². The second-order valence-corrected chi connectivity index (χ2v) is 8.00. The molecule has 1 saturated carbocycles. The SMILES string of the molecule is O=C(Nc1cccc2c1N(c1ncccn1)CC21CCCCC1)c1ccccc1. The van der Waals surface area contributed by atoms with E-state index < -0.39 is 0 Å². The minimum atomic E-state index is -0.0995. The molecule has 146 valence electrons. The van der Waals surface area contributed by atoms with E-state index in [1.165, 1.54) is 37.7 Å². The van der Waals surface area contributed by atoms with Crippen LogP contribution in [0.3, 0.4) is 0 Å². The number of aromatic nitrogens is 2. The van der Waals surface area contributed by atoms with Crippen molar-refractivity contribution in [3.8, 4) is 0 Å². The molecule has 2 aromatic carbocycles. The molecule has 1 N–H and O–H groups in total. The third-order valence-corrected chi connectivity index (χ3v) is 6.23. The molecule has 3 aromatic rings. The van der Waals surface area contributed by atoms with Crippen LogP contribution in [-0.2, 0) is 5.41 Å². The average Bonchev–Trinajstić information content (AvgIpc) is 3.10. The van der Waals surface area contributed by atoms with E-state index in [4.69, 9.17) is 0 Å². The molecule has 2 aliphatic rings. The first-order chi connectivity index (χ1) is 14.3. The highest BCUT2D eigenvalue weighted by atomic mass is 16.1. The molecule has 1 aliphatic heterocycles. The summed E-state index contributed by atoms with van der Waals surface area (Å²) in [7, 11) is 0. The van der Waals surface area contributed by atoms with Crippen molar-refractivity contribution in [2.24, 2.45) is 0 Å². The van der Waals surface area contributed by atoms with E-state index in [1.807, 2.05) is 42.5 Å². The number of carbonyl (C=O) groups excluding carboxylic acids is 1. The highest BCUT2D eigenvalue weighted by molar-refractivity contribution is 6.06. The van der Waals surface area contributed by atoms with Crippen LogP contribution >= 0.6 is 0 Å². The van der Waals surface area contributed by atoms with Crippen LogP contribution < -0.4 is 10.2 Å². The molecule has 1 aromatic heterocycles. The van der Waals surface area contributed by atoms with Crippen molar-refractivity contribution in [1.82, 2.24) is 9.97 Å². The van der Waals surface area contributed by atoms with E-state index in [1.54, 1.807) is 12.4 Å². The number of amides is 1. The highest BCUT2D eigenvalue weighted by Gasteiger charge is 2.45. The van der Waals surface area contributed by atoms with Crippen LogP contribution in [0.2, 0.25) is 0 Å². The smallest absolute Gasteiger partial charge is 0.255 e. The van der Waals surface area contributed by atoms with E-state index in [2.05, 4.69) is 32.3 Å². The number of rotatable bonds is 3. The number of fused-ring (bicyclic) bond motifs is 2. The molecule has 0 radical (unpaired) electrons. The number of benzene rings is 2. The Kier molecular flexibility index (Phi) is 4.51. The summed E-state index contributed by atoms with van der Waals surface area (Å²) in [5, 5.41) is 3.14. The minimum absolute atomic E-state index is 0.0995. The Labute approximate surface area is 170 Å². The fraction of sp³-hybridized carbons (Fsp3) is 0.292. The molecule has 0 unspecified atom stereocenters. The van der Waals surface area contributed by atoms with Crippen molar-refractivity contribution < 1.29 is 4.79 Å². The summed E-state index contributed by atoms with van der Waals surface area (Å²) >= 11 is 0. The van der Waals surface area contributed by atoms with E-state index in [9.17, 15) is 4.79 Å². The van der Waals surface area contributed by atoms with Crippen LogP contribution in [0.5, 0.6) is 0 Å². The van der Waals surface area contributed by atoms with Crippen molar-refractivity contribution in [2.75, 3.05) is 16.8 Å². The van der Waals surface area contributed by atoms with Crippen LogP contribution in [0, 0.1) is 0 Å². The zero-order chi connectivity index (χ0) is 19.7. The van der Waals surface area contributed by atoms with Crippen LogP contribution in [0.25, 0.3) is 0 Å². The number of hydrogen-bond acceptors (Lipinski definition) is 4. The standard InChI is InChI=1S/C24H24N4O/c29-22(18-9-3-1-4-10-18)27-20-12-7-11-19-21(20)28(23-25-15-8-16-26-23)17-24(19)13-5-2-6-14-24/h1,3-4,7-12,15-16H,2,5-6,13-14,17H2,(H,27,29). The Morgan fingerprint density at radius 1 is 0.897 bits per heavy atom. The second kappa shape index (κ2) is 7.32. The van der Waals surface area contributed by atoms with Gasteiger partial charge in [0.25, 0.3) is 5.91 Å². The Morgan fingerprint density at radius 2 is 1.66 bits per heavy atom. The fourth-order valence-electron chi connectivity index (χ4n) is 4.87. The summed E-state index contributed by atoms with van der Waals surface area (Å²) in [6.45, 7) is 0.866. The zero-order valence-corrected chi connectivity index (χ0v) is 16.3. The van der Waals surface area contributed by atoms with Gasteiger partial charge < -0.3 is 10.2 Å². The molecular weight excluding hydrogens is 360 g/mol. The van der Waals surface area contributed by atoms with Crippen LogP contribution in [0.15, 0.2) is 67.0 Å². The summed E-state index contributed by atoms with van der Waals surface area (Å²) in [6.07, 6.45) is 9.66. The number of nitrogens with one attached hydrogen (secondary N) is 1. The van der Waals surface area contributed by atoms with Crippen molar-refractivity contribution in [3.63, 3.8) is 0 Å². The molecular formula is C24H24N4O. The van der Waals surface area contributed by atoms with E-state index in [0.29, 0.717) is 11.5 Å². The molecule has 5 rings (SSSR count). The highest BCUT2D eigenvalue weighted by Crippen LogP contribution is 2.53.